The van der Waals surface area contributed by atoms with Crippen molar-refractivity contribution in [1.82, 2.24) is 0 Å². The van der Waals surface area contributed by atoms with Gasteiger partial charge in [0.25, 0.3) is 0 Å². The second-order valence-electron chi connectivity index (χ2n) is 2.82. The summed E-state index contributed by atoms with van der Waals surface area (Å²) in [7, 11) is 0. The van der Waals surface area contributed by atoms with Gasteiger partial charge in [0, 0.05) is 5.03 Å². The first-order chi connectivity index (χ1) is 3.86. The van der Waals surface area contributed by atoms with Crippen LogP contribution in [-0.4, -0.2) is 0 Å². The van der Waals surface area contributed by atoms with E-state index in [4.69, 9.17) is 11.6 Å². The number of halogens is 1. The van der Waals surface area contributed by atoms with Crippen molar-refractivity contribution in [2.24, 2.45) is 11.8 Å². The molecule has 0 saturated heterocycles. The molecule has 0 aromatic rings. The predicted octanol–water partition coefficient (Wildman–Crippen LogP) is 2.54. The van der Waals surface area contributed by atoms with Gasteiger partial charge in [-0.2, -0.15) is 0 Å². The summed E-state index contributed by atoms with van der Waals surface area (Å²) in [5.74, 6) is 1.62. The van der Waals surface area contributed by atoms with Crippen LogP contribution >= 0.6 is 11.6 Å². The van der Waals surface area contributed by atoms with Gasteiger partial charge in [-0.15, -0.1) is 0 Å². The number of hydrogen-bond donors (Lipinski definition) is 0. The number of hydrogen-bond acceptors (Lipinski definition) is 0. The van der Waals surface area contributed by atoms with Crippen molar-refractivity contribution in [3.8, 4) is 0 Å². The third-order valence-corrected chi connectivity index (χ3v) is 2.69. The van der Waals surface area contributed by atoms with Crippen molar-refractivity contribution < 1.29 is 0 Å². The highest BCUT2D eigenvalue weighted by Gasteiger charge is 2.31. The highest BCUT2D eigenvalue weighted by Crippen LogP contribution is 2.44. The van der Waals surface area contributed by atoms with Crippen molar-refractivity contribution in [3.05, 3.63) is 11.1 Å². The minimum Gasteiger partial charge on any atom is -0.0892 e. The van der Waals surface area contributed by atoms with Gasteiger partial charge in [-0.1, -0.05) is 17.7 Å². The lowest BCUT2D eigenvalue weighted by atomic mass is 10.1. The SMILES string of the molecule is ClC1=C[C@H]2CC[C@@H]1C2. The second-order valence-corrected chi connectivity index (χ2v) is 3.26. The molecule has 0 heterocycles. The van der Waals surface area contributed by atoms with E-state index in [-0.39, 0.29) is 0 Å². The van der Waals surface area contributed by atoms with E-state index >= 15 is 0 Å². The molecule has 1 fully saturated rings. The molecule has 1 saturated carbocycles. The number of fused-ring (bicyclic) bond motifs is 2. The monoisotopic (exact) mass is 128 g/mol. The van der Waals surface area contributed by atoms with Gasteiger partial charge in [-0.3, -0.25) is 0 Å². The minimum atomic E-state index is 0.765. The zero-order valence-corrected chi connectivity index (χ0v) is 5.49. The first kappa shape index (κ1) is 4.87. The molecule has 0 aromatic heterocycles. The van der Waals surface area contributed by atoms with E-state index < -0.39 is 0 Å². The second kappa shape index (κ2) is 1.51. The van der Waals surface area contributed by atoms with Crippen molar-refractivity contribution in [1.29, 1.82) is 0 Å². The molecule has 0 aromatic carbocycles. The molecule has 0 unspecified atom stereocenters. The molecule has 2 atom stereocenters. The fourth-order valence-corrected chi connectivity index (χ4v) is 2.16. The molecular weight excluding hydrogens is 120 g/mol. The van der Waals surface area contributed by atoms with Gasteiger partial charge < -0.3 is 0 Å². The maximum absolute atomic E-state index is 5.87. The quantitative estimate of drug-likeness (QED) is 0.470. The minimum absolute atomic E-state index is 0.765. The first-order valence-electron chi connectivity index (χ1n) is 3.23. The Bertz CT molecular complexity index is 137. The van der Waals surface area contributed by atoms with E-state index in [0.717, 1.165) is 16.9 Å². The van der Waals surface area contributed by atoms with E-state index in [2.05, 4.69) is 6.08 Å². The zero-order valence-electron chi connectivity index (χ0n) is 4.73. The third-order valence-electron chi connectivity index (χ3n) is 2.26. The van der Waals surface area contributed by atoms with Crippen LogP contribution in [0.15, 0.2) is 11.1 Å². The summed E-state index contributed by atoms with van der Waals surface area (Å²) in [5.41, 5.74) is 0. The predicted molar refractivity (Wildman–Crippen MR) is 34.8 cm³/mol. The molecule has 8 heavy (non-hydrogen) atoms. The van der Waals surface area contributed by atoms with Crippen LogP contribution in [0.5, 0.6) is 0 Å². The van der Waals surface area contributed by atoms with Crippen LogP contribution in [0.4, 0.5) is 0 Å². The summed E-state index contributed by atoms with van der Waals surface area (Å²) >= 11 is 5.87. The molecule has 0 aliphatic heterocycles. The summed E-state index contributed by atoms with van der Waals surface area (Å²) < 4.78 is 0. The Hall–Kier alpha value is 0.0300. The van der Waals surface area contributed by atoms with Crippen molar-refractivity contribution in [2.45, 2.75) is 19.3 Å². The van der Waals surface area contributed by atoms with E-state index in [1.807, 2.05) is 0 Å². The van der Waals surface area contributed by atoms with Crippen LogP contribution in [0.2, 0.25) is 0 Å². The molecule has 0 N–H and O–H groups in total. The van der Waals surface area contributed by atoms with Crippen molar-refractivity contribution >= 4 is 11.6 Å². The van der Waals surface area contributed by atoms with Gasteiger partial charge in [0.15, 0.2) is 0 Å². The Morgan fingerprint density at radius 1 is 1.50 bits per heavy atom. The lowest BCUT2D eigenvalue weighted by Gasteiger charge is -2.03. The Kier molecular flexibility index (Phi) is 0.916. The molecule has 2 aliphatic rings. The summed E-state index contributed by atoms with van der Waals surface area (Å²) in [6.07, 6.45) is 6.31. The molecule has 44 valence electrons. The van der Waals surface area contributed by atoms with Crippen molar-refractivity contribution in [3.63, 3.8) is 0 Å². The standard InChI is InChI=1S/C7H9Cl/c8-7-4-5-1-2-6(7)3-5/h4-6H,1-3H2/t5-,6+/m0/s1. The Labute approximate surface area is 54.5 Å². The van der Waals surface area contributed by atoms with Crippen LogP contribution in [0.1, 0.15) is 19.3 Å². The number of rotatable bonds is 0. The van der Waals surface area contributed by atoms with Gasteiger partial charge >= 0.3 is 0 Å². The molecule has 2 rings (SSSR count). The van der Waals surface area contributed by atoms with Crippen LogP contribution in [0.25, 0.3) is 0 Å². The Balaban J connectivity index is 2.29. The van der Waals surface area contributed by atoms with Gasteiger partial charge in [0.05, 0.1) is 0 Å². The summed E-state index contributed by atoms with van der Waals surface area (Å²) in [6.45, 7) is 0. The fraction of sp³-hybridized carbons (Fsp3) is 0.714. The van der Waals surface area contributed by atoms with Crippen LogP contribution in [0, 0.1) is 11.8 Å². The number of allylic oxidation sites excluding steroid dienone is 2. The maximum atomic E-state index is 5.87. The van der Waals surface area contributed by atoms with Gasteiger partial charge in [-0.05, 0) is 31.1 Å². The van der Waals surface area contributed by atoms with Crippen molar-refractivity contribution in [2.75, 3.05) is 0 Å². The van der Waals surface area contributed by atoms with Crippen LogP contribution in [-0.2, 0) is 0 Å². The normalized spacial score (nSPS) is 42.9. The molecular formula is C7H9Cl. The lowest BCUT2D eigenvalue weighted by Crippen LogP contribution is -1.88. The molecule has 0 nitrogen and oxygen atoms in total. The highest BCUT2D eigenvalue weighted by atomic mass is 35.5. The van der Waals surface area contributed by atoms with Crippen LogP contribution < -0.4 is 0 Å². The Morgan fingerprint density at radius 3 is 2.62 bits per heavy atom. The van der Waals surface area contributed by atoms with E-state index in [9.17, 15) is 0 Å². The van der Waals surface area contributed by atoms with Crippen LogP contribution in [0.3, 0.4) is 0 Å². The average molecular weight is 129 g/mol. The van der Waals surface area contributed by atoms with E-state index in [0.29, 0.717) is 0 Å². The topological polar surface area (TPSA) is 0 Å². The smallest absolute Gasteiger partial charge is 0.0175 e. The molecule has 0 radical (unpaired) electrons. The molecule has 0 spiro atoms. The highest BCUT2D eigenvalue weighted by molar-refractivity contribution is 6.30. The summed E-state index contributed by atoms with van der Waals surface area (Å²) in [5, 5.41) is 1.14. The largest absolute Gasteiger partial charge is 0.0892 e. The molecule has 2 bridgehead atoms. The maximum Gasteiger partial charge on any atom is 0.0175 e. The summed E-state index contributed by atoms with van der Waals surface area (Å²) in [6, 6.07) is 0. The van der Waals surface area contributed by atoms with Gasteiger partial charge in [0.2, 0.25) is 0 Å². The fourth-order valence-electron chi connectivity index (χ4n) is 1.78. The van der Waals surface area contributed by atoms with E-state index in [1.54, 1.807) is 0 Å². The average Bonchev–Trinajstić information content (AvgIpc) is 2.23. The molecule has 0 amide bonds. The Morgan fingerprint density at radius 2 is 2.38 bits per heavy atom. The van der Waals surface area contributed by atoms with Gasteiger partial charge in [0.1, 0.15) is 0 Å². The summed E-state index contributed by atoms with van der Waals surface area (Å²) in [4.78, 5) is 0. The zero-order chi connectivity index (χ0) is 5.56. The third kappa shape index (κ3) is 0.526. The first-order valence-corrected chi connectivity index (χ1v) is 3.61. The molecule has 1 heteroatoms. The lowest BCUT2D eigenvalue weighted by molar-refractivity contribution is 0.684. The molecule has 2 aliphatic carbocycles. The van der Waals surface area contributed by atoms with E-state index in [1.165, 1.54) is 19.3 Å². The van der Waals surface area contributed by atoms with Gasteiger partial charge in [-0.25, -0.2) is 0 Å².